The molecule has 0 spiro atoms. The van der Waals surface area contributed by atoms with Gasteiger partial charge in [0.2, 0.25) is 0 Å². The molecule has 4 aromatic rings. The minimum absolute atomic E-state index is 0.112. The number of rotatable bonds is 6. The highest BCUT2D eigenvalue weighted by atomic mass is 35.5. The number of carbonyl (C=O) groups excluding carboxylic acids is 1. The van der Waals surface area contributed by atoms with Gasteiger partial charge in [-0.15, -0.1) is 0 Å². The summed E-state index contributed by atoms with van der Waals surface area (Å²) in [6, 6.07) is 17.9. The standard InChI is InChI=1S/C24H21Cl2N3O3S/c1-15(20-3-2-4-21(25)23(20)26)28-24(30)29-18-6-8-19(9-7-18)33(31,32)14-16-5-10-22-17(13-16)11-12-27-22/h2-13,15,27H,14H2,1H3,(H2,28,29,30). The number of amides is 2. The van der Waals surface area contributed by atoms with Crippen LogP contribution in [0, 0.1) is 0 Å². The Hall–Kier alpha value is -3.00. The van der Waals surface area contributed by atoms with E-state index >= 15 is 0 Å². The van der Waals surface area contributed by atoms with Crippen molar-refractivity contribution in [2.75, 3.05) is 5.32 Å². The number of urea groups is 1. The van der Waals surface area contributed by atoms with Crippen molar-refractivity contribution < 1.29 is 13.2 Å². The first kappa shape index (κ1) is 23.2. The van der Waals surface area contributed by atoms with Crippen LogP contribution in [-0.2, 0) is 15.6 Å². The van der Waals surface area contributed by atoms with Crippen molar-refractivity contribution in [3.05, 3.63) is 94.1 Å². The van der Waals surface area contributed by atoms with Gasteiger partial charge < -0.3 is 15.6 Å². The summed E-state index contributed by atoms with van der Waals surface area (Å²) in [6.07, 6.45) is 1.81. The van der Waals surface area contributed by atoms with Gasteiger partial charge in [-0.3, -0.25) is 0 Å². The third kappa shape index (κ3) is 5.33. The summed E-state index contributed by atoms with van der Waals surface area (Å²) in [5.74, 6) is -0.112. The molecule has 0 saturated heterocycles. The van der Waals surface area contributed by atoms with Crippen LogP contribution in [0.3, 0.4) is 0 Å². The van der Waals surface area contributed by atoms with Crippen LogP contribution in [-0.4, -0.2) is 19.4 Å². The summed E-state index contributed by atoms with van der Waals surface area (Å²) >= 11 is 12.2. The molecule has 170 valence electrons. The molecule has 9 heteroatoms. The minimum atomic E-state index is -3.54. The smallest absolute Gasteiger partial charge is 0.319 e. The second-order valence-corrected chi connectivity index (χ2v) is 10.4. The van der Waals surface area contributed by atoms with Crippen molar-refractivity contribution in [1.82, 2.24) is 10.3 Å². The fourth-order valence-electron chi connectivity index (χ4n) is 3.54. The average molecular weight is 502 g/mol. The van der Waals surface area contributed by atoms with Gasteiger partial charge in [-0.2, -0.15) is 0 Å². The zero-order valence-corrected chi connectivity index (χ0v) is 19.9. The molecule has 3 aromatic carbocycles. The molecular formula is C24H21Cl2N3O3S. The van der Waals surface area contributed by atoms with Crippen molar-refractivity contribution in [2.45, 2.75) is 23.6 Å². The number of nitrogens with one attached hydrogen (secondary N) is 3. The maximum Gasteiger partial charge on any atom is 0.319 e. The highest BCUT2D eigenvalue weighted by Gasteiger charge is 2.17. The molecule has 0 aliphatic carbocycles. The van der Waals surface area contributed by atoms with Gasteiger partial charge in [-0.1, -0.05) is 41.4 Å². The lowest BCUT2D eigenvalue weighted by Gasteiger charge is -2.17. The summed E-state index contributed by atoms with van der Waals surface area (Å²) in [4.78, 5) is 15.7. The molecule has 0 saturated carbocycles. The van der Waals surface area contributed by atoms with Crippen LogP contribution in [0.1, 0.15) is 24.1 Å². The lowest BCUT2D eigenvalue weighted by atomic mass is 10.1. The van der Waals surface area contributed by atoms with Crippen LogP contribution < -0.4 is 10.6 Å². The Labute approximate surface area is 201 Å². The van der Waals surface area contributed by atoms with E-state index < -0.39 is 15.9 Å². The van der Waals surface area contributed by atoms with Gasteiger partial charge in [0.05, 0.1) is 26.7 Å². The number of carbonyl (C=O) groups is 1. The first-order valence-corrected chi connectivity index (χ1v) is 12.5. The third-order valence-corrected chi connectivity index (χ3v) is 7.78. The SMILES string of the molecule is CC(NC(=O)Nc1ccc(S(=O)(=O)Cc2ccc3[nH]ccc3c2)cc1)c1cccc(Cl)c1Cl. The summed E-state index contributed by atoms with van der Waals surface area (Å²) in [5, 5.41) is 7.24. The first-order valence-electron chi connectivity index (χ1n) is 10.1. The number of halogens is 2. The van der Waals surface area contributed by atoms with Gasteiger partial charge in [0, 0.05) is 17.4 Å². The van der Waals surface area contributed by atoms with Crippen LogP contribution in [0.25, 0.3) is 10.9 Å². The summed E-state index contributed by atoms with van der Waals surface area (Å²) in [6.45, 7) is 1.79. The Morgan fingerprint density at radius 3 is 2.55 bits per heavy atom. The number of sulfone groups is 1. The fourth-order valence-corrected chi connectivity index (χ4v) is 5.34. The van der Waals surface area contributed by atoms with E-state index in [1.807, 2.05) is 24.4 Å². The maximum atomic E-state index is 12.8. The van der Waals surface area contributed by atoms with E-state index in [2.05, 4.69) is 15.6 Å². The Balaban J connectivity index is 1.40. The average Bonchev–Trinajstić information content (AvgIpc) is 3.23. The van der Waals surface area contributed by atoms with Crippen molar-refractivity contribution >= 4 is 55.7 Å². The molecule has 1 aromatic heterocycles. The molecule has 0 aliphatic heterocycles. The molecular weight excluding hydrogens is 481 g/mol. The van der Waals surface area contributed by atoms with Crippen LogP contribution in [0.4, 0.5) is 10.5 Å². The summed E-state index contributed by atoms with van der Waals surface area (Å²) < 4.78 is 25.7. The number of aromatic amines is 1. The summed E-state index contributed by atoms with van der Waals surface area (Å²) in [7, 11) is -3.54. The highest BCUT2D eigenvalue weighted by molar-refractivity contribution is 7.90. The van der Waals surface area contributed by atoms with Crippen LogP contribution in [0.2, 0.25) is 10.0 Å². The van der Waals surface area contributed by atoms with Crippen molar-refractivity contribution in [1.29, 1.82) is 0 Å². The predicted octanol–water partition coefficient (Wildman–Crippen LogP) is 6.33. The van der Waals surface area contributed by atoms with E-state index in [0.29, 0.717) is 26.9 Å². The number of hydrogen-bond donors (Lipinski definition) is 3. The zero-order valence-electron chi connectivity index (χ0n) is 17.6. The van der Waals surface area contributed by atoms with E-state index in [-0.39, 0.29) is 16.7 Å². The predicted molar refractivity (Wildman–Crippen MR) is 133 cm³/mol. The van der Waals surface area contributed by atoms with Crippen molar-refractivity contribution in [3.8, 4) is 0 Å². The summed E-state index contributed by atoms with van der Waals surface area (Å²) in [5.41, 5.74) is 2.82. The Morgan fingerprint density at radius 2 is 1.79 bits per heavy atom. The zero-order chi connectivity index (χ0) is 23.6. The molecule has 0 aliphatic rings. The lowest BCUT2D eigenvalue weighted by Crippen LogP contribution is -2.31. The molecule has 0 radical (unpaired) electrons. The Kier molecular flexibility index (Phi) is 6.65. The molecule has 0 fully saturated rings. The van der Waals surface area contributed by atoms with Crippen molar-refractivity contribution in [2.24, 2.45) is 0 Å². The molecule has 2 amide bonds. The van der Waals surface area contributed by atoms with E-state index in [0.717, 1.165) is 10.9 Å². The molecule has 0 bridgehead atoms. The van der Waals surface area contributed by atoms with E-state index in [1.54, 1.807) is 43.3 Å². The fraction of sp³-hybridized carbons (Fsp3) is 0.125. The molecule has 1 atom stereocenters. The number of fused-ring (bicyclic) bond motifs is 1. The molecule has 33 heavy (non-hydrogen) atoms. The van der Waals surface area contributed by atoms with Gasteiger partial charge in [0.25, 0.3) is 0 Å². The minimum Gasteiger partial charge on any atom is -0.361 e. The number of hydrogen-bond acceptors (Lipinski definition) is 3. The quantitative estimate of drug-likeness (QED) is 0.288. The van der Waals surface area contributed by atoms with Crippen LogP contribution in [0.15, 0.2) is 77.8 Å². The largest absolute Gasteiger partial charge is 0.361 e. The van der Waals surface area contributed by atoms with Crippen LogP contribution in [0.5, 0.6) is 0 Å². The second kappa shape index (κ2) is 9.47. The maximum absolute atomic E-state index is 12.8. The highest BCUT2D eigenvalue weighted by Crippen LogP contribution is 2.30. The molecule has 6 nitrogen and oxygen atoms in total. The van der Waals surface area contributed by atoms with Gasteiger partial charge in [0.15, 0.2) is 9.84 Å². The number of anilines is 1. The van der Waals surface area contributed by atoms with Crippen LogP contribution >= 0.6 is 23.2 Å². The van der Waals surface area contributed by atoms with E-state index in [1.165, 1.54) is 12.1 Å². The van der Waals surface area contributed by atoms with Gasteiger partial charge in [-0.05, 0) is 72.0 Å². The van der Waals surface area contributed by atoms with E-state index in [4.69, 9.17) is 23.2 Å². The number of H-pyrrole nitrogens is 1. The molecule has 1 unspecified atom stereocenters. The van der Waals surface area contributed by atoms with Gasteiger partial charge >= 0.3 is 6.03 Å². The molecule has 3 N–H and O–H groups in total. The van der Waals surface area contributed by atoms with Gasteiger partial charge in [-0.25, -0.2) is 13.2 Å². The first-order chi connectivity index (χ1) is 15.7. The number of aromatic nitrogens is 1. The Bertz CT molecular complexity index is 1420. The molecule has 4 rings (SSSR count). The monoisotopic (exact) mass is 501 g/mol. The number of benzene rings is 3. The topological polar surface area (TPSA) is 91.1 Å². The lowest BCUT2D eigenvalue weighted by molar-refractivity contribution is 0.249. The normalized spacial score (nSPS) is 12.5. The van der Waals surface area contributed by atoms with Gasteiger partial charge in [0.1, 0.15) is 0 Å². The van der Waals surface area contributed by atoms with E-state index in [9.17, 15) is 13.2 Å². The van der Waals surface area contributed by atoms with Crippen molar-refractivity contribution in [3.63, 3.8) is 0 Å². The second-order valence-electron chi connectivity index (χ2n) is 7.65. The molecule has 1 heterocycles. The Morgan fingerprint density at radius 1 is 1.03 bits per heavy atom. The third-order valence-electron chi connectivity index (χ3n) is 5.24.